The van der Waals surface area contributed by atoms with E-state index in [1.165, 1.54) is 27.1 Å². The molecule has 0 atom stereocenters. The fourth-order valence-electron chi connectivity index (χ4n) is 4.60. The average Bonchev–Trinajstić information content (AvgIpc) is 2.94. The van der Waals surface area contributed by atoms with Crippen LogP contribution in [0.1, 0.15) is 49.2 Å². The van der Waals surface area contributed by atoms with Gasteiger partial charge in [-0.2, -0.15) is 0 Å². The van der Waals surface area contributed by atoms with E-state index in [0.717, 1.165) is 18.7 Å². The normalized spacial score (nSPS) is 18.6. The van der Waals surface area contributed by atoms with Crippen LogP contribution in [0.25, 0.3) is 11.1 Å². The number of morpholine rings is 1. The minimum Gasteiger partial charge on any atom is -0.379 e. The number of hydrogen-bond donors (Lipinski definition) is 0. The highest BCUT2D eigenvalue weighted by molar-refractivity contribution is 7.98. The van der Waals surface area contributed by atoms with E-state index < -0.39 is 5.54 Å². The molecule has 1 fully saturated rings. The van der Waals surface area contributed by atoms with E-state index in [0.29, 0.717) is 13.2 Å². The van der Waals surface area contributed by atoms with E-state index >= 15 is 0 Å². The zero-order valence-corrected chi connectivity index (χ0v) is 18.3. The van der Waals surface area contributed by atoms with Gasteiger partial charge in [-0.15, -0.1) is 11.8 Å². The molecule has 148 valence electrons. The molecular weight excluding hydrogens is 366 g/mol. The number of carbonyl (C=O) groups is 1. The third kappa shape index (κ3) is 3.02. The van der Waals surface area contributed by atoms with Gasteiger partial charge in [0, 0.05) is 29.0 Å². The van der Waals surface area contributed by atoms with Crippen molar-refractivity contribution >= 4 is 17.5 Å². The summed E-state index contributed by atoms with van der Waals surface area (Å²) in [5, 5.41) is 0. The van der Waals surface area contributed by atoms with Gasteiger partial charge in [-0.1, -0.05) is 32.0 Å². The van der Waals surface area contributed by atoms with Crippen LogP contribution in [-0.4, -0.2) is 48.8 Å². The number of thioether (sulfide) groups is 1. The van der Waals surface area contributed by atoms with E-state index in [1.54, 1.807) is 11.8 Å². The summed E-state index contributed by atoms with van der Waals surface area (Å²) in [6, 6.07) is 13.0. The van der Waals surface area contributed by atoms with Crippen molar-refractivity contribution in [3.05, 3.63) is 53.1 Å². The number of hydrogen-bond acceptors (Lipinski definition) is 4. The summed E-state index contributed by atoms with van der Waals surface area (Å²) >= 11 is 1.77. The van der Waals surface area contributed by atoms with Crippen LogP contribution in [0.15, 0.2) is 41.3 Å². The Hall–Kier alpha value is -1.62. The number of fused-ring (bicyclic) bond motifs is 3. The Morgan fingerprint density at radius 1 is 1.04 bits per heavy atom. The minimum atomic E-state index is -0.528. The van der Waals surface area contributed by atoms with E-state index in [-0.39, 0.29) is 11.2 Å². The van der Waals surface area contributed by atoms with Gasteiger partial charge in [0.25, 0.3) is 0 Å². The summed E-state index contributed by atoms with van der Waals surface area (Å²) in [6.07, 6.45) is 2.11. The molecule has 4 rings (SSSR count). The number of ketones is 1. The van der Waals surface area contributed by atoms with Gasteiger partial charge < -0.3 is 4.74 Å². The molecule has 2 aromatic carbocycles. The van der Waals surface area contributed by atoms with Crippen molar-refractivity contribution in [2.24, 2.45) is 0 Å². The average molecular weight is 396 g/mol. The van der Waals surface area contributed by atoms with Crippen LogP contribution in [0.3, 0.4) is 0 Å². The quantitative estimate of drug-likeness (QED) is 0.538. The van der Waals surface area contributed by atoms with Crippen LogP contribution >= 0.6 is 11.8 Å². The Kier molecular flexibility index (Phi) is 4.93. The van der Waals surface area contributed by atoms with Crippen molar-refractivity contribution in [1.29, 1.82) is 0 Å². The van der Waals surface area contributed by atoms with Gasteiger partial charge in [0.1, 0.15) is 0 Å². The number of ether oxygens (including phenoxy) is 1. The second-order valence-electron chi connectivity index (χ2n) is 8.78. The second-order valence-corrected chi connectivity index (χ2v) is 9.66. The maximum Gasteiger partial charge on any atom is 0.182 e. The highest BCUT2D eigenvalue weighted by atomic mass is 32.2. The topological polar surface area (TPSA) is 29.5 Å². The molecule has 0 saturated carbocycles. The van der Waals surface area contributed by atoms with E-state index in [4.69, 9.17) is 4.74 Å². The molecule has 2 aliphatic rings. The first-order chi connectivity index (χ1) is 13.3. The molecule has 0 bridgehead atoms. The minimum absolute atomic E-state index is 0.101. The van der Waals surface area contributed by atoms with Gasteiger partial charge in [-0.25, -0.2) is 0 Å². The Balaban J connectivity index is 1.72. The highest BCUT2D eigenvalue weighted by Gasteiger charge is 2.39. The van der Waals surface area contributed by atoms with Crippen LogP contribution in [0.4, 0.5) is 0 Å². The SMILES string of the molecule is CSc1ccc2c(c1)C(C)(C)c1cc(C(=O)C(C)(C)N3CCOCC3)ccc1-2. The molecule has 0 N–H and O–H groups in total. The van der Waals surface area contributed by atoms with Crippen molar-refractivity contribution in [2.75, 3.05) is 32.6 Å². The molecule has 0 radical (unpaired) electrons. The van der Waals surface area contributed by atoms with Gasteiger partial charge in [0.05, 0.1) is 18.8 Å². The molecule has 0 aromatic heterocycles. The first-order valence-corrected chi connectivity index (χ1v) is 11.2. The van der Waals surface area contributed by atoms with Crippen molar-refractivity contribution in [3.63, 3.8) is 0 Å². The molecule has 4 heteroatoms. The molecule has 1 aliphatic carbocycles. The fraction of sp³-hybridized carbons (Fsp3) is 0.458. The first-order valence-electron chi connectivity index (χ1n) is 9.98. The van der Waals surface area contributed by atoms with Crippen molar-refractivity contribution in [3.8, 4) is 11.1 Å². The predicted octanol–water partition coefficient (Wildman–Crippen LogP) is 5.01. The lowest BCUT2D eigenvalue weighted by Crippen LogP contribution is -2.54. The lowest BCUT2D eigenvalue weighted by Gasteiger charge is -2.39. The molecule has 0 amide bonds. The summed E-state index contributed by atoms with van der Waals surface area (Å²) in [5.41, 5.74) is 5.34. The van der Waals surface area contributed by atoms with Gasteiger partial charge >= 0.3 is 0 Å². The molecule has 28 heavy (non-hydrogen) atoms. The zero-order valence-electron chi connectivity index (χ0n) is 17.5. The molecule has 1 aliphatic heterocycles. The van der Waals surface area contributed by atoms with Gasteiger partial charge in [-0.05, 0) is 60.6 Å². The van der Waals surface area contributed by atoms with E-state index in [1.807, 2.05) is 19.9 Å². The second kappa shape index (κ2) is 7.01. The summed E-state index contributed by atoms with van der Waals surface area (Å²) in [7, 11) is 0. The maximum atomic E-state index is 13.5. The lowest BCUT2D eigenvalue weighted by atomic mass is 9.81. The van der Waals surface area contributed by atoms with E-state index in [9.17, 15) is 4.79 Å². The monoisotopic (exact) mass is 395 g/mol. The van der Waals surface area contributed by atoms with E-state index in [2.05, 4.69) is 55.3 Å². The van der Waals surface area contributed by atoms with Gasteiger partial charge in [0.15, 0.2) is 5.78 Å². The van der Waals surface area contributed by atoms with Crippen LogP contribution < -0.4 is 0 Å². The predicted molar refractivity (Wildman–Crippen MR) is 117 cm³/mol. The number of rotatable bonds is 4. The molecule has 1 saturated heterocycles. The lowest BCUT2D eigenvalue weighted by molar-refractivity contribution is -0.00430. The Morgan fingerprint density at radius 3 is 2.29 bits per heavy atom. The molecule has 2 aromatic rings. The summed E-state index contributed by atoms with van der Waals surface area (Å²) in [5.74, 6) is 0.189. The largest absolute Gasteiger partial charge is 0.379 e. The summed E-state index contributed by atoms with van der Waals surface area (Å²) in [6.45, 7) is 11.6. The standard InChI is InChI=1S/C24H29NO2S/c1-23(2)20-14-16(22(26)24(3,4)25-10-12-27-13-11-25)6-8-18(20)19-9-7-17(28-5)15-21(19)23/h6-9,14-15H,10-13H2,1-5H3. The zero-order chi connectivity index (χ0) is 20.1. The molecule has 0 unspecified atom stereocenters. The number of nitrogens with zero attached hydrogens (tertiary/aromatic N) is 1. The molecule has 0 spiro atoms. The van der Waals surface area contributed by atoms with Crippen molar-refractivity contribution in [1.82, 2.24) is 4.90 Å². The van der Waals surface area contributed by atoms with Crippen LogP contribution in [0.5, 0.6) is 0 Å². The Labute approximate surface area is 172 Å². The molecule has 1 heterocycles. The number of Topliss-reactive ketones (excluding diaryl/α,β-unsaturated/α-hetero) is 1. The van der Waals surface area contributed by atoms with Gasteiger partial charge in [0.2, 0.25) is 0 Å². The Morgan fingerprint density at radius 2 is 1.64 bits per heavy atom. The van der Waals surface area contributed by atoms with Crippen LogP contribution in [0, 0.1) is 0 Å². The first kappa shape index (κ1) is 19.7. The summed E-state index contributed by atoms with van der Waals surface area (Å²) < 4.78 is 5.47. The fourth-order valence-corrected chi connectivity index (χ4v) is 5.04. The van der Waals surface area contributed by atoms with Crippen molar-refractivity contribution in [2.45, 2.75) is 43.5 Å². The Bertz CT molecular complexity index is 926. The van der Waals surface area contributed by atoms with Crippen LogP contribution in [0.2, 0.25) is 0 Å². The molecular formula is C24H29NO2S. The van der Waals surface area contributed by atoms with Gasteiger partial charge in [-0.3, -0.25) is 9.69 Å². The molecule has 3 nitrogen and oxygen atoms in total. The third-order valence-corrected chi connectivity index (χ3v) is 7.23. The maximum absolute atomic E-state index is 13.5. The smallest absolute Gasteiger partial charge is 0.182 e. The van der Waals surface area contributed by atoms with Crippen molar-refractivity contribution < 1.29 is 9.53 Å². The third-order valence-electron chi connectivity index (χ3n) is 6.50. The summed E-state index contributed by atoms with van der Waals surface area (Å²) in [4.78, 5) is 17.0. The highest BCUT2D eigenvalue weighted by Crippen LogP contribution is 2.49. The number of carbonyl (C=O) groups excluding carboxylic acids is 1. The number of benzene rings is 2. The van der Waals surface area contributed by atoms with Crippen LogP contribution in [-0.2, 0) is 10.2 Å².